The zero-order chi connectivity index (χ0) is 16.0. The van der Waals surface area contributed by atoms with Crippen molar-refractivity contribution in [3.63, 3.8) is 0 Å². The second-order valence-electron chi connectivity index (χ2n) is 4.92. The van der Waals surface area contributed by atoms with E-state index in [9.17, 15) is 13.2 Å². The molecule has 9 heteroatoms. The van der Waals surface area contributed by atoms with E-state index in [-0.39, 0.29) is 17.1 Å². The van der Waals surface area contributed by atoms with Gasteiger partial charge in [0.25, 0.3) is 0 Å². The van der Waals surface area contributed by atoms with E-state index in [1.807, 2.05) is 0 Å². The van der Waals surface area contributed by atoms with E-state index < -0.39 is 15.3 Å². The Hall–Kier alpha value is -0.930. The van der Waals surface area contributed by atoms with Crippen LogP contribution < -0.4 is 10.5 Å². The summed E-state index contributed by atoms with van der Waals surface area (Å²) in [6, 6.07) is -0.205. The molecule has 0 aromatic rings. The smallest absolute Gasteiger partial charge is 0.409 e. The number of nitrogens with one attached hydrogen (secondary N) is 1. The molecule has 0 aliphatic carbocycles. The minimum atomic E-state index is -3.57. The highest BCUT2D eigenvalue weighted by molar-refractivity contribution is 7.93. The molecule has 7 nitrogen and oxygen atoms in total. The fraction of sp³-hybridized carbons (Fsp3) is 0.833. The number of nitrogens with two attached hydrogens (primary N) is 1. The molecule has 1 fully saturated rings. The number of rotatable bonds is 6. The zero-order valence-electron chi connectivity index (χ0n) is 12.4. The van der Waals surface area contributed by atoms with Gasteiger partial charge in [-0.05, 0) is 26.2 Å². The van der Waals surface area contributed by atoms with E-state index in [2.05, 4.69) is 4.72 Å². The van der Waals surface area contributed by atoms with Crippen molar-refractivity contribution in [3.8, 4) is 0 Å². The molecule has 0 aromatic heterocycles. The first-order valence-electron chi connectivity index (χ1n) is 7.04. The Morgan fingerprint density at radius 3 is 2.43 bits per heavy atom. The molecule has 0 saturated carbocycles. The van der Waals surface area contributed by atoms with Crippen molar-refractivity contribution in [2.24, 2.45) is 5.73 Å². The van der Waals surface area contributed by atoms with Crippen molar-refractivity contribution in [2.45, 2.75) is 44.4 Å². The van der Waals surface area contributed by atoms with Gasteiger partial charge in [-0.1, -0.05) is 19.1 Å². The molecule has 1 saturated heterocycles. The number of thiocarbonyl (C=S) groups is 1. The van der Waals surface area contributed by atoms with Crippen molar-refractivity contribution in [3.05, 3.63) is 0 Å². The fourth-order valence-corrected chi connectivity index (χ4v) is 4.44. The largest absolute Gasteiger partial charge is 0.450 e. The van der Waals surface area contributed by atoms with Crippen LogP contribution in [0.1, 0.15) is 33.1 Å². The van der Waals surface area contributed by atoms with Crippen LogP contribution in [0.15, 0.2) is 0 Å². The Morgan fingerprint density at radius 1 is 1.43 bits per heavy atom. The maximum absolute atomic E-state index is 12.2. The highest BCUT2D eigenvalue weighted by atomic mass is 32.2. The summed E-state index contributed by atoms with van der Waals surface area (Å²) in [4.78, 5) is 13.1. The number of amides is 1. The number of likely N-dealkylation sites (tertiary alicyclic amines) is 1. The summed E-state index contributed by atoms with van der Waals surface area (Å²) < 4.78 is 32.0. The molecule has 1 aliphatic rings. The number of ether oxygens (including phenoxy) is 1. The normalized spacial score (nSPS) is 18.3. The summed E-state index contributed by atoms with van der Waals surface area (Å²) in [5, 5.41) is -0.851. The molecule has 1 rings (SSSR count). The monoisotopic (exact) mass is 337 g/mol. The number of sulfonamides is 1. The molecule has 1 heterocycles. The van der Waals surface area contributed by atoms with Crippen LogP contribution in [0.5, 0.6) is 0 Å². The van der Waals surface area contributed by atoms with Crippen molar-refractivity contribution >= 4 is 33.3 Å². The summed E-state index contributed by atoms with van der Waals surface area (Å²) in [5.74, 6) is 0. The van der Waals surface area contributed by atoms with Crippen LogP contribution in [0.2, 0.25) is 0 Å². The van der Waals surface area contributed by atoms with Crippen LogP contribution in [0.4, 0.5) is 4.79 Å². The molecule has 122 valence electrons. The standard InChI is InChI=1S/C12H23N3O4S2/c1-3-10(11(13)20)21(17,18)14-9-5-7-15(8-6-9)12(16)19-4-2/h9-10,14H,3-8H2,1-2H3,(H2,13,20). The van der Waals surface area contributed by atoms with E-state index in [1.165, 1.54) is 0 Å². The third-order valence-electron chi connectivity index (χ3n) is 3.41. The average molecular weight is 337 g/mol. The Bertz CT molecular complexity index is 473. The Labute approximate surface area is 131 Å². The Kier molecular flexibility index (Phi) is 6.82. The molecular weight excluding hydrogens is 314 g/mol. The number of piperidine rings is 1. The SMILES string of the molecule is CCOC(=O)N1CCC(NS(=O)(=O)C(CC)C(N)=S)CC1. The van der Waals surface area contributed by atoms with Crippen LogP contribution in [-0.4, -0.2) is 55.4 Å². The lowest BCUT2D eigenvalue weighted by atomic mass is 10.1. The van der Waals surface area contributed by atoms with E-state index in [0.29, 0.717) is 39.0 Å². The van der Waals surface area contributed by atoms with Crippen molar-refractivity contribution in [1.82, 2.24) is 9.62 Å². The van der Waals surface area contributed by atoms with Crippen LogP contribution >= 0.6 is 12.2 Å². The highest BCUT2D eigenvalue weighted by Gasteiger charge is 2.31. The van der Waals surface area contributed by atoms with E-state index in [0.717, 1.165) is 0 Å². The molecule has 1 aliphatic heterocycles. The van der Waals surface area contributed by atoms with Gasteiger partial charge in [0.05, 0.1) is 11.6 Å². The lowest BCUT2D eigenvalue weighted by Gasteiger charge is -2.32. The van der Waals surface area contributed by atoms with Gasteiger partial charge in [0.2, 0.25) is 10.0 Å². The summed E-state index contributed by atoms with van der Waals surface area (Å²) >= 11 is 4.80. The van der Waals surface area contributed by atoms with Gasteiger partial charge in [0, 0.05) is 19.1 Å². The summed E-state index contributed by atoms with van der Waals surface area (Å²) in [7, 11) is -3.57. The molecule has 1 unspecified atom stereocenters. The summed E-state index contributed by atoms with van der Waals surface area (Å²) in [6.45, 7) is 4.75. The van der Waals surface area contributed by atoms with Crippen LogP contribution in [0.3, 0.4) is 0 Å². The van der Waals surface area contributed by atoms with Crippen molar-refractivity contribution < 1.29 is 17.9 Å². The topological polar surface area (TPSA) is 102 Å². The molecule has 0 aromatic carbocycles. The molecule has 1 amide bonds. The molecular formula is C12H23N3O4S2. The van der Waals surface area contributed by atoms with Crippen LogP contribution in [0.25, 0.3) is 0 Å². The first-order chi connectivity index (χ1) is 9.81. The number of nitrogens with zero attached hydrogens (tertiary/aromatic N) is 1. The van der Waals surface area contributed by atoms with E-state index in [4.69, 9.17) is 22.7 Å². The molecule has 21 heavy (non-hydrogen) atoms. The quantitative estimate of drug-likeness (QED) is 0.688. The van der Waals surface area contributed by atoms with Crippen molar-refractivity contribution in [1.29, 1.82) is 0 Å². The molecule has 3 N–H and O–H groups in total. The minimum absolute atomic E-state index is 0.0195. The molecule has 1 atom stereocenters. The molecule has 0 bridgehead atoms. The predicted molar refractivity (Wildman–Crippen MR) is 84.5 cm³/mol. The maximum Gasteiger partial charge on any atom is 0.409 e. The first-order valence-corrected chi connectivity index (χ1v) is 8.99. The predicted octanol–water partition coefficient (Wildman–Crippen LogP) is 0.591. The van der Waals surface area contributed by atoms with Gasteiger partial charge >= 0.3 is 6.09 Å². The van der Waals surface area contributed by atoms with E-state index >= 15 is 0 Å². The fourth-order valence-electron chi connectivity index (χ4n) is 2.28. The Morgan fingerprint density at radius 2 is 2.00 bits per heavy atom. The van der Waals surface area contributed by atoms with Crippen molar-refractivity contribution in [2.75, 3.05) is 19.7 Å². The third-order valence-corrected chi connectivity index (χ3v) is 5.85. The summed E-state index contributed by atoms with van der Waals surface area (Å²) in [5.41, 5.74) is 5.48. The summed E-state index contributed by atoms with van der Waals surface area (Å²) in [6.07, 6.45) is 1.08. The number of carbonyl (C=O) groups excluding carboxylic acids is 1. The lowest BCUT2D eigenvalue weighted by molar-refractivity contribution is 0.0966. The van der Waals surface area contributed by atoms with E-state index in [1.54, 1.807) is 18.7 Å². The van der Waals surface area contributed by atoms with Gasteiger partial charge in [-0.25, -0.2) is 17.9 Å². The third kappa shape index (κ3) is 5.08. The zero-order valence-corrected chi connectivity index (χ0v) is 14.0. The van der Waals surface area contributed by atoms with Crippen LogP contribution in [-0.2, 0) is 14.8 Å². The lowest BCUT2D eigenvalue weighted by Crippen LogP contribution is -2.50. The second-order valence-corrected chi connectivity index (χ2v) is 7.29. The van der Waals surface area contributed by atoms with Crippen LogP contribution in [0, 0.1) is 0 Å². The van der Waals surface area contributed by atoms with Gasteiger partial charge in [0.1, 0.15) is 5.25 Å². The highest BCUT2D eigenvalue weighted by Crippen LogP contribution is 2.14. The number of hydrogen-bond acceptors (Lipinski definition) is 5. The van der Waals surface area contributed by atoms with Gasteiger partial charge < -0.3 is 15.4 Å². The maximum atomic E-state index is 12.2. The average Bonchev–Trinajstić information content (AvgIpc) is 2.39. The van der Waals surface area contributed by atoms with Gasteiger partial charge in [-0.3, -0.25) is 0 Å². The second kappa shape index (κ2) is 7.90. The van der Waals surface area contributed by atoms with Gasteiger partial charge in [-0.2, -0.15) is 0 Å². The van der Waals surface area contributed by atoms with Gasteiger partial charge in [0.15, 0.2) is 0 Å². The minimum Gasteiger partial charge on any atom is -0.450 e. The molecule has 0 spiro atoms. The number of carbonyl (C=O) groups is 1. The Balaban J connectivity index is 2.56. The number of hydrogen-bond donors (Lipinski definition) is 2. The first kappa shape index (κ1) is 18.1. The van der Waals surface area contributed by atoms with Gasteiger partial charge in [-0.15, -0.1) is 0 Å². The molecule has 0 radical (unpaired) electrons.